The minimum Gasteiger partial charge on any atom is -0.309 e. The number of thioether (sulfide) groups is 1. The summed E-state index contributed by atoms with van der Waals surface area (Å²) in [4.78, 5) is 4.08. The molecule has 0 saturated carbocycles. The average molecular weight is 324 g/mol. The fourth-order valence-corrected chi connectivity index (χ4v) is 5.03. The summed E-state index contributed by atoms with van der Waals surface area (Å²) in [6.07, 6.45) is 4.21. The lowest BCUT2D eigenvalue weighted by atomic mass is 10.1. The van der Waals surface area contributed by atoms with Crippen LogP contribution in [0.2, 0.25) is 0 Å². The van der Waals surface area contributed by atoms with E-state index in [4.69, 9.17) is 0 Å². The van der Waals surface area contributed by atoms with Crippen molar-refractivity contribution >= 4 is 21.6 Å². The van der Waals surface area contributed by atoms with E-state index in [1.165, 1.54) is 0 Å². The van der Waals surface area contributed by atoms with Gasteiger partial charge in [0.05, 0.1) is 11.5 Å². The Morgan fingerprint density at radius 3 is 2.95 bits per heavy atom. The van der Waals surface area contributed by atoms with Crippen LogP contribution in [0.25, 0.3) is 0 Å². The first-order valence-electron chi connectivity index (χ1n) is 6.66. The van der Waals surface area contributed by atoms with Crippen LogP contribution in [0.3, 0.4) is 0 Å². The Balaban J connectivity index is 1.71. The van der Waals surface area contributed by atoms with E-state index in [-0.39, 0.29) is 17.4 Å². The van der Waals surface area contributed by atoms with Gasteiger partial charge in [-0.25, -0.2) is 8.42 Å². The molecule has 2 aromatic heterocycles. The SMILES string of the molecule is Cn1c(SCc2cccnc2)nnc1C1CCS(=O)(=O)C1. The Labute approximate surface area is 127 Å². The minimum atomic E-state index is -2.90. The first-order chi connectivity index (χ1) is 10.1. The van der Waals surface area contributed by atoms with Gasteiger partial charge in [0.25, 0.3) is 0 Å². The molecule has 0 amide bonds. The number of nitrogens with zero attached hydrogens (tertiary/aromatic N) is 4. The van der Waals surface area contributed by atoms with Gasteiger partial charge in [0.15, 0.2) is 15.0 Å². The monoisotopic (exact) mass is 324 g/mol. The van der Waals surface area contributed by atoms with E-state index in [2.05, 4.69) is 15.2 Å². The summed E-state index contributed by atoms with van der Waals surface area (Å²) in [5, 5.41) is 9.18. The molecule has 3 rings (SSSR count). The molecule has 21 heavy (non-hydrogen) atoms. The second-order valence-corrected chi connectivity index (χ2v) is 8.32. The maximum atomic E-state index is 11.6. The normalized spacial score (nSPS) is 20.7. The van der Waals surface area contributed by atoms with Crippen LogP contribution in [0.15, 0.2) is 29.7 Å². The maximum absolute atomic E-state index is 11.6. The lowest BCUT2D eigenvalue weighted by molar-refractivity contribution is 0.599. The number of aromatic nitrogens is 4. The molecule has 3 heterocycles. The fraction of sp³-hybridized carbons (Fsp3) is 0.462. The molecular formula is C13H16N4O2S2. The van der Waals surface area contributed by atoms with Crippen molar-refractivity contribution in [2.45, 2.75) is 23.2 Å². The third-order valence-electron chi connectivity index (χ3n) is 3.56. The van der Waals surface area contributed by atoms with Crippen molar-refractivity contribution in [3.8, 4) is 0 Å². The molecule has 0 bridgehead atoms. The molecule has 1 atom stereocenters. The highest BCUT2D eigenvalue weighted by atomic mass is 32.2. The van der Waals surface area contributed by atoms with Crippen molar-refractivity contribution in [1.82, 2.24) is 19.7 Å². The van der Waals surface area contributed by atoms with Crippen molar-refractivity contribution < 1.29 is 8.42 Å². The first-order valence-corrected chi connectivity index (χ1v) is 9.47. The van der Waals surface area contributed by atoms with Crippen LogP contribution in [-0.4, -0.2) is 39.7 Å². The number of pyridine rings is 1. The van der Waals surface area contributed by atoms with Crippen LogP contribution in [0.5, 0.6) is 0 Å². The Bertz CT molecular complexity index is 728. The van der Waals surface area contributed by atoms with Crippen molar-refractivity contribution in [2.24, 2.45) is 7.05 Å². The van der Waals surface area contributed by atoms with E-state index in [1.54, 1.807) is 18.0 Å². The zero-order valence-corrected chi connectivity index (χ0v) is 13.3. The Hall–Kier alpha value is -1.41. The van der Waals surface area contributed by atoms with Crippen molar-refractivity contribution in [1.29, 1.82) is 0 Å². The highest BCUT2D eigenvalue weighted by Gasteiger charge is 2.32. The quantitative estimate of drug-likeness (QED) is 0.791. The van der Waals surface area contributed by atoms with Crippen LogP contribution in [0, 0.1) is 0 Å². The van der Waals surface area contributed by atoms with E-state index in [0.717, 1.165) is 22.3 Å². The summed E-state index contributed by atoms with van der Waals surface area (Å²) in [6, 6.07) is 3.92. The van der Waals surface area contributed by atoms with Crippen LogP contribution in [0.4, 0.5) is 0 Å². The van der Waals surface area contributed by atoms with Gasteiger partial charge in [-0.2, -0.15) is 0 Å². The van der Waals surface area contributed by atoms with Crippen LogP contribution >= 0.6 is 11.8 Å². The van der Waals surface area contributed by atoms with E-state index >= 15 is 0 Å². The second-order valence-electron chi connectivity index (χ2n) is 5.15. The van der Waals surface area contributed by atoms with Crippen LogP contribution < -0.4 is 0 Å². The molecule has 0 spiro atoms. The summed E-state index contributed by atoms with van der Waals surface area (Å²) in [7, 11) is -1.01. The topological polar surface area (TPSA) is 77.7 Å². The van der Waals surface area contributed by atoms with Gasteiger partial charge in [-0.05, 0) is 18.1 Å². The van der Waals surface area contributed by atoms with E-state index in [9.17, 15) is 8.42 Å². The predicted molar refractivity (Wildman–Crippen MR) is 80.8 cm³/mol. The molecule has 1 saturated heterocycles. The van der Waals surface area contributed by atoms with Gasteiger partial charge < -0.3 is 4.57 Å². The van der Waals surface area contributed by atoms with Gasteiger partial charge >= 0.3 is 0 Å². The largest absolute Gasteiger partial charge is 0.309 e. The summed E-state index contributed by atoms with van der Waals surface area (Å²) in [5.74, 6) is 1.95. The molecular weight excluding hydrogens is 308 g/mol. The fourth-order valence-electron chi connectivity index (χ4n) is 2.44. The summed E-state index contributed by atoms with van der Waals surface area (Å²) >= 11 is 1.58. The highest BCUT2D eigenvalue weighted by Crippen LogP contribution is 2.30. The molecule has 6 nitrogen and oxygen atoms in total. The molecule has 1 aliphatic heterocycles. The van der Waals surface area contributed by atoms with E-state index < -0.39 is 9.84 Å². The van der Waals surface area contributed by atoms with Crippen molar-refractivity contribution in [2.75, 3.05) is 11.5 Å². The third kappa shape index (κ3) is 3.26. The zero-order valence-electron chi connectivity index (χ0n) is 11.6. The molecule has 0 aromatic carbocycles. The average Bonchev–Trinajstić information content (AvgIpc) is 3.00. The van der Waals surface area contributed by atoms with Gasteiger partial charge in [-0.3, -0.25) is 4.98 Å². The summed E-state index contributed by atoms with van der Waals surface area (Å²) in [5.41, 5.74) is 1.12. The zero-order chi connectivity index (χ0) is 14.9. The molecule has 8 heteroatoms. The second kappa shape index (κ2) is 5.76. The first kappa shape index (κ1) is 14.5. The standard InChI is InChI=1S/C13H16N4O2S2/c1-17-12(11-4-6-21(18,19)9-11)15-16-13(17)20-8-10-3-2-5-14-7-10/h2-3,5,7,11H,4,6,8-9H2,1H3. The number of sulfone groups is 1. The van der Waals surface area contributed by atoms with Gasteiger partial charge in [0.1, 0.15) is 5.82 Å². The number of hydrogen-bond donors (Lipinski definition) is 0. The molecule has 1 aliphatic rings. The van der Waals surface area contributed by atoms with Gasteiger partial charge in [0, 0.05) is 31.1 Å². The molecule has 0 aliphatic carbocycles. The summed E-state index contributed by atoms with van der Waals surface area (Å²) in [6.45, 7) is 0. The number of hydrogen-bond acceptors (Lipinski definition) is 6. The van der Waals surface area contributed by atoms with Gasteiger partial charge in [0.2, 0.25) is 0 Å². The lowest BCUT2D eigenvalue weighted by Crippen LogP contribution is -2.09. The molecule has 0 N–H and O–H groups in total. The van der Waals surface area contributed by atoms with Gasteiger partial charge in [-0.15, -0.1) is 10.2 Å². The lowest BCUT2D eigenvalue weighted by Gasteiger charge is -2.07. The molecule has 1 unspecified atom stereocenters. The number of rotatable bonds is 4. The van der Waals surface area contributed by atoms with Crippen molar-refractivity contribution in [3.63, 3.8) is 0 Å². The molecule has 112 valence electrons. The smallest absolute Gasteiger partial charge is 0.191 e. The Morgan fingerprint density at radius 1 is 1.43 bits per heavy atom. The Morgan fingerprint density at radius 2 is 2.29 bits per heavy atom. The molecule has 2 aromatic rings. The van der Waals surface area contributed by atoms with Crippen LogP contribution in [-0.2, 0) is 22.6 Å². The molecule has 1 fully saturated rings. The third-order valence-corrected chi connectivity index (χ3v) is 6.42. The van der Waals surface area contributed by atoms with Crippen LogP contribution in [0.1, 0.15) is 23.7 Å². The van der Waals surface area contributed by atoms with Gasteiger partial charge in [-0.1, -0.05) is 17.8 Å². The van der Waals surface area contributed by atoms with E-state index in [0.29, 0.717) is 6.42 Å². The maximum Gasteiger partial charge on any atom is 0.191 e. The predicted octanol–water partition coefficient (Wildman–Crippen LogP) is 1.40. The minimum absolute atomic E-state index is 0.0276. The molecule has 0 radical (unpaired) electrons. The summed E-state index contributed by atoms with van der Waals surface area (Å²) < 4.78 is 25.1. The Kier molecular flexibility index (Phi) is 3.99. The van der Waals surface area contributed by atoms with Crippen molar-refractivity contribution in [3.05, 3.63) is 35.9 Å². The van der Waals surface area contributed by atoms with E-state index in [1.807, 2.05) is 29.9 Å². The highest BCUT2D eigenvalue weighted by molar-refractivity contribution is 7.98.